The van der Waals surface area contributed by atoms with E-state index in [9.17, 15) is 4.79 Å². The van der Waals surface area contributed by atoms with E-state index in [4.69, 9.17) is 24.8 Å². The number of allylic oxidation sites excluding steroid dienone is 1. The maximum absolute atomic E-state index is 12.9. The zero-order valence-electron chi connectivity index (χ0n) is 20.8. The first-order chi connectivity index (χ1) is 16.3. The Hall–Kier alpha value is -3.16. The van der Waals surface area contributed by atoms with Gasteiger partial charge >= 0.3 is 0 Å². The highest BCUT2D eigenvalue weighted by atomic mass is 16.6. The third-order valence-electron chi connectivity index (χ3n) is 5.84. The van der Waals surface area contributed by atoms with Crippen LogP contribution in [0.15, 0.2) is 47.3 Å². The molecule has 1 heterocycles. The van der Waals surface area contributed by atoms with E-state index in [0.717, 1.165) is 25.0 Å². The number of fused-ring (bicyclic) bond motifs is 1. The Kier molecular flexibility index (Phi) is 8.85. The molecule has 0 bridgehead atoms. The predicted molar refractivity (Wildman–Crippen MR) is 132 cm³/mol. The zero-order chi connectivity index (χ0) is 24.7. The fraction of sp³-hybridized carbons (Fsp3) is 0.538. The fourth-order valence-electron chi connectivity index (χ4n) is 4.16. The van der Waals surface area contributed by atoms with Gasteiger partial charge in [0.2, 0.25) is 0 Å². The van der Waals surface area contributed by atoms with Gasteiger partial charge in [-0.3, -0.25) is 4.79 Å². The Labute approximate surface area is 202 Å². The molecule has 1 amide bonds. The van der Waals surface area contributed by atoms with Crippen LogP contribution in [0.1, 0.15) is 57.3 Å². The van der Waals surface area contributed by atoms with Crippen molar-refractivity contribution >= 4 is 11.7 Å². The van der Waals surface area contributed by atoms with Crippen molar-refractivity contribution in [2.24, 2.45) is 16.8 Å². The summed E-state index contributed by atoms with van der Waals surface area (Å²) in [7, 11) is 1.59. The largest absolute Gasteiger partial charge is 0.494 e. The molecule has 2 N–H and O–H groups in total. The number of nitrogens with two attached hydrogens (primary N) is 1. The second-order valence-electron chi connectivity index (χ2n) is 9.06. The molecule has 0 radical (unpaired) electrons. The first kappa shape index (κ1) is 25.5. The molecule has 0 aromatic heterocycles. The number of carbonyl (C=O) groups is 1. The average molecular weight is 472 g/mol. The van der Waals surface area contributed by atoms with E-state index >= 15 is 0 Å². The number of hydrogen-bond donors (Lipinski definition) is 1. The lowest BCUT2D eigenvalue weighted by molar-refractivity contribution is 0.0643. The summed E-state index contributed by atoms with van der Waals surface area (Å²) in [6.45, 7) is 9.25. The molecule has 8 nitrogen and oxygen atoms in total. The molecule has 2 aliphatic rings. The maximum atomic E-state index is 12.9. The average Bonchev–Trinajstić information content (AvgIpc) is 3.17. The van der Waals surface area contributed by atoms with Crippen LogP contribution in [0.5, 0.6) is 11.5 Å². The number of methoxy groups -OCH3 is 1. The predicted octanol–water partition coefficient (Wildman–Crippen LogP) is 4.26. The van der Waals surface area contributed by atoms with Crippen molar-refractivity contribution in [3.05, 3.63) is 47.7 Å². The molecular formula is C26H37N3O5. The topological polar surface area (TPSA) is 95.6 Å². The van der Waals surface area contributed by atoms with E-state index in [1.807, 2.05) is 56.9 Å². The van der Waals surface area contributed by atoms with Crippen LogP contribution in [0, 0.1) is 5.92 Å². The summed E-state index contributed by atoms with van der Waals surface area (Å²) >= 11 is 0. The molecule has 1 aliphatic carbocycles. The summed E-state index contributed by atoms with van der Waals surface area (Å²) in [5.74, 6) is 2.50. The summed E-state index contributed by atoms with van der Waals surface area (Å²) in [4.78, 5) is 20.1. The van der Waals surface area contributed by atoms with Crippen LogP contribution in [-0.4, -0.2) is 55.2 Å². The highest BCUT2D eigenvalue weighted by molar-refractivity contribution is 5.95. The summed E-state index contributed by atoms with van der Waals surface area (Å²) in [5, 5.41) is 3.82. The van der Waals surface area contributed by atoms with Crippen molar-refractivity contribution in [1.29, 1.82) is 0 Å². The number of hydrogen-bond acceptors (Lipinski definition) is 7. The van der Waals surface area contributed by atoms with E-state index in [0.29, 0.717) is 36.1 Å². The third kappa shape index (κ3) is 6.24. The van der Waals surface area contributed by atoms with Gasteiger partial charge in [-0.1, -0.05) is 11.2 Å². The Morgan fingerprint density at radius 3 is 2.47 bits per heavy atom. The number of amides is 1. The van der Waals surface area contributed by atoms with Crippen LogP contribution in [0.3, 0.4) is 0 Å². The van der Waals surface area contributed by atoms with Crippen LogP contribution < -0.4 is 15.2 Å². The number of benzene rings is 1. The second-order valence-corrected chi connectivity index (χ2v) is 9.06. The number of ether oxygens (including phenoxy) is 3. The van der Waals surface area contributed by atoms with Gasteiger partial charge in [-0.15, -0.1) is 0 Å². The minimum absolute atomic E-state index is 0.0104. The number of rotatable bonds is 12. The van der Waals surface area contributed by atoms with Crippen molar-refractivity contribution in [3.8, 4) is 11.5 Å². The van der Waals surface area contributed by atoms with Gasteiger partial charge in [0.1, 0.15) is 5.76 Å². The molecule has 34 heavy (non-hydrogen) atoms. The van der Waals surface area contributed by atoms with Gasteiger partial charge in [-0.2, -0.15) is 0 Å². The number of oxime groups is 1. The smallest absolute Gasteiger partial charge is 0.254 e. The molecule has 3 rings (SSSR count). The molecule has 186 valence electrons. The number of amidine groups is 1. The van der Waals surface area contributed by atoms with E-state index in [2.05, 4.69) is 5.16 Å². The van der Waals surface area contributed by atoms with Crippen LogP contribution in [0.2, 0.25) is 0 Å². The summed E-state index contributed by atoms with van der Waals surface area (Å²) < 4.78 is 17.2. The molecule has 0 saturated heterocycles. The van der Waals surface area contributed by atoms with E-state index in [1.165, 1.54) is 0 Å². The lowest BCUT2D eigenvalue weighted by Crippen LogP contribution is -2.42. The molecule has 2 unspecified atom stereocenters. The Balaban J connectivity index is 1.40. The molecule has 0 saturated carbocycles. The molecule has 1 aromatic rings. The van der Waals surface area contributed by atoms with Crippen LogP contribution >= 0.6 is 0 Å². The van der Waals surface area contributed by atoms with Crippen LogP contribution in [0.4, 0.5) is 0 Å². The SMILES string of the molecule is COc1cc(C(=O)N(C(C)C)C(C)C)ccc1OCCCCCOC1=CC2ON=C(N)C2C=C1. The molecule has 1 aromatic carbocycles. The van der Waals surface area contributed by atoms with E-state index < -0.39 is 0 Å². The first-order valence-corrected chi connectivity index (χ1v) is 12.0. The van der Waals surface area contributed by atoms with Crippen LogP contribution in [-0.2, 0) is 9.57 Å². The molecule has 2 atom stereocenters. The van der Waals surface area contributed by atoms with Gasteiger partial charge < -0.3 is 29.7 Å². The molecule has 0 fully saturated rings. The minimum Gasteiger partial charge on any atom is -0.494 e. The van der Waals surface area contributed by atoms with E-state index in [1.54, 1.807) is 19.2 Å². The Bertz CT molecular complexity index is 930. The summed E-state index contributed by atoms with van der Waals surface area (Å²) in [6.07, 6.45) is 8.40. The Morgan fingerprint density at radius 2 is 1.79 bits per heavy atom. The number of carbonyl (C=O) groups excluding carboxylic acids is 1. The van der Waals surface area contributed by atoms with Gasteiger partial charge in [0.25, 0.3) is 5.91 Å². The summed E-state index contributed by atoms with van der Waals surface area (Å²) in [6, 6.07) is 5.60. The van der Waals surface area contributed by atoms with E-state index in [-0.39, 0.29) is 30.0 Å². The number of nitrogens with zero attached hydrogens (tertiary/aromatic N) is 2. The molecule has 1 aliphatic heterocycles. The lowest BCUT2D eigenvalue weighted by atomic mass is 9.97. The summed E-state index contributed by atoms with van der Waals surface area (Å²) in [5.41, 5.74) is 6.38. The van der Waals surface area contributed by atoms with Crippen molar-refractivity contribution < 1.29 is 23.8 Å². The molecular weight excluding hydrogens is 434 g/mol. The van der Waals surface area contributed by atoms with Gasteiger partial charge in [0.05, 0.1) is 26.2 Å². The highest BCUT2D eigenvalue weighted by Crippen LogP contribution is 2.29. The van der Waals surface area contributed by atoms with Crippen molar-refractivity contribution in [2.75, 3.05) is 20.3 Å². The number of unbranched alkanes of at least 4 members (excludes halogenated alkanes) is 2. The van der Waals surface area contributed by atoms with Crippen molar-refractivity contribution in [1.82, 2.24) is 4.90 Å². The minimum atomic E-state index is -0.163. The first-order valence-electron chi connectivity index (χ1n) is 12.0. The second kappa shape index (κ2) is 11.8. The standard InChI is InChI=1S/C26H37N3O5/c1-17(2)29(18(3)4)26(30)19-9-12-22(24(15-19)31-5)33-14-8-6-7-13-32-20-10-11-21-23(16-20)34-28-25(21)27/h9-12,15-18,21,23H,6-8,13-14H2,1-5H3,(H2,27,28). The quantitative estimate of drug-likeness (QED) is 0.458. The zero-order valence-corrected chi connectivity index (χ0v) is 20.8. The fourth-order valence-corrected chi connectivity index (χ4v) is 4.16. The van der Waals surface area contributed by atoms with Gasteiger partial charge in [0.15, 0.2) is 23.4 Å². The lowest BCUT2D eigenvalue weighted by Gasteiger charge is -2.31. The molecule has 8 heteroatoms. The Morgan fingerprint density at radius 1 is 1.09 bits per heavy atom. The van der Waals surface area contributed by atoms with Gasteiger partial charge in [0, 0.05) is 23.7 Å². The van der Waals surface area contributed by atoms with Crippen LogP contribution in [0.25, 0.3) is 0 Å². The third-order valence-corrected chi connectivity index (χ3v) is 5.84. The van der Waals surface area contributed by atoms with Crippen molar-refractivity contribution in [2.45, 2.75) is 65.1 Å². The van der Waals surface area contributed by atoms with Crippen molar-refractivity contribution in [3.63, 3.8) is 0 Å². The highest BCUT2D eigenvalue weighted by Gasteiger charge is 2.31. The molecule has 0 spiro atoms. The maximum Gasteiger partial charge on any atom is 0.254 e. The monoisotopic (exact) mass is 471 g/mol. The normalized spacial score (nSPS) is 18.8. The van der Waals surface area contributed by atoms with Gasteiger partial charge in [-0.25, -0.2) is 0 Å². The van der Waals surface area contributed by atoms with Gasteiger partial charge in [-0.05, 0) is 71.2 Å².